The van der Waals surface area contributed by atoms with E-state index in [1.807, 2.05) is 69.2 Å². The molecule has 0 saturated carbocycles. The Morgan fingerprint density at radius 1 is 0.375 bits per heavy atom. The highest BCUT2D eigenvalue weighted by Crippen LogP contribution is 2.44. The Bertz CT molecular complexity index is 7360. The van der Waals surface area contributed by atoms with Gasteiger partial charge in [-0.05, 0) is 118 Å². The molecule has 4 atom stereocenters. The minimum atomic E-state index is -0.913. The molecule has 0 unspecified atom stereocenters. The SMILES string of the molecule is C=CC(=O)N1CCN(c2nc(=O)n(-c3c(F)cc4c(ncn4C)c3C(C)C)c3nc(-c4c(N)cccc4F)c(F)cc23)[C@@H](C)C1.C=CC(=O)N1CCN(c2nc(=O)n(-c3c(F)cc4c(ncn4C)c3C(C)C)c3nc(-c4c(N)cccc4F)c(F)cc23)[C@@H](C)C1.C=CC(=O)N1C[C@H](C)N(c2nc(=O)n(-c3c(F)cc4c(ncn4C)c3C(C)C)c3nc(-c4c(N)cccc4F)c(F)cc23)C[C@H]1C. The van der Waals surface area contributed by atoms with Gasteiger partial charge in [0.2, 0.25) is 17.7 Å². The van der Waals surface area contributed by atoms with Crippen molar-refractivity contribution in [1.82, 2.24) is 87.0 Å². The molecule has 3 amide bonds. The summed E-state index contributed by atoms with van der Waals surface area (Å²) in [4.78, 5) is 130. The molecule has 702 valence electrons. The molecule has 3 aliphatic rings. The average molecular weight is 1860 g/mol. The largest absolute Gasteiger partial charge is 0.398 e. The molecule has 0 bridgehead atoms. The van der Waals surface area contributed by atoms with Gasteiger partial charge in [0.15, 0.2) is 34.4 Å². The Morgan fingerprint density at radius 3 is 0.949 bits per heavy atom. The number of hydrogen-bond acceptors (Lipinski definition) is 21. The maximum atomic E-state index is 16.3. The molecule has 15 aromatic rings. The highest BCUT2D eigenvalue weighted by Gasteiger charge is 2.39. The Morgan fingerprint density at radius 2 is 0.669 bits per heavy atom. The van der Waals surface area contributed by atoms with Crippen LogP contribution < -0.4 is 49.0 Å². The summed E-state index contributed by atoms with van der Waals surface area (Å²) in [6.07, 6.45) is 8.34. The second-order valence-corrected chi connectivity index (χ2v) is 34.9. The number of carbonyl (C=O) groups is 3. The van der Waals surface area contributed by atoms with E-state index in [4.69, 9.17) is 17.2 Å². The van der Waals surface area contributed by atoms with Crippen molar-refractivity contribution < 1.29 is 53.9 Å². The van der Waals surface area contributed by atoms with Crippen LogP contribution in [0.4, 0.5) is 74.0 Å². The van der Waals surface area contributed by atoms with Gasteiger partial charge in [0.25, 0.3) is 0 Å². The summed E-state index contributed by atoms with van der Waals surface area (Å²) in [7, 11) is 5.20. The molecule has 3 fully saturated rings. The lowest BCUT2D eigenvalue weighted by Gasteiger charge is -2.44. The third-order valence-corrected chi connectivity index (χ3v) is 25.1. The van der Waals surface area contributed by atoms with Gasteiger partial charge in [-0.15, -0.1) is 0 Å². The van der Waals surface area contributed by atoms with Crippen LogP contribution in [0.3, 0.4) is 0 Å². The van der Waals surface area contributed by atoms with E-state index in [1.54, 1.807) is 83.2 Å². The number of aromatic nitrogens is 15. The van der Waals surface area contributed by atoms with Crippen molar-refractivity contribution in [1.29, 1.82) is 0 Å². The molecule has 9 aromatic heterocycles. The van der Waals surface area contributed by atoms with Gasteiger partial charge < -0.3 is 60.3 Å². The number of nitrogen functional groups attached to an aromatic ring is 3. The van der Waals surface area contributed by atoms with Gasteiger partial charge in [-0.25, -0.2) is 97.5 Å². The second kappa shape index (κ2) is 36.4. The van der Waals surface area contributed by atoms with Crippen molar-refractivity contribution in [2.45, 2.75) is 111 Å². The van der Waals surface area contributed by atoms with Gasteiger partial charge in [0, 0.05) is 150 Å². The number of hydrogen-bond donors (Lipinski definition) is 3. The maximum absolute atomic E-state index is 16.3. The zero-order chi connectivity index (χ0) is 97.8. The normalized spacial score (nSPS) is 15.9. The number of aryl methyl sites for hydroxylation is 3. The number of halogens is 9. The van der Waals surface area contributed by atoms with E-state index in [-0.39, 0.29) is 187 Å². The first kappa shape index (κ1) is 93.6. The van der Waals surface area contributed by atoms with E-state index in [0.29, 0.717) is 76.0 Å². The predicted octanol–water partition coefficient (Wildman–Crippen LogP) is 14.4. The third kappa shape index (κ3) is 16.2. The van der Waals surface area contributed by atoms with E-state index in [0.717, 1.165) is 50.1 Å². The van der Waals surface area contributed by atoms with Crippen LogP contribution >= 0.6 is 0 Å². The van der Waals surface area contributed by atoms with Crippen LogP contribution in [0.1, 0.15) is 104 Å². The molecule has 0 aliphatic carbocycles. The molecule has 3 aliphatic heterocycles. The lowest BCUT2D eigenvalue weighted by atomic mass is 9.98. The number of pyridine rings is 3. The molecule has 0 spiro atoms. The Labute approximate surface area is 771 Å². The van der Waals surface area contributed by atoms with E-state index in [9.17, 15) is 28.8 Å². The number of nitrogens with zero attached hydrogens (tertiary/aromatic N) is 21. The summed E-state index contributed by atoms with van der Waals surface area (Å²) in [6.45, 7) is 31.3. The highest BCUT2D eigenvalue weighted by molar-refractivity contribution is 5.98. The smallest absolute Gasteiger partial charge is 0.355 e. The lowest BCUT2D eigenvalue weighted by molar-refractivity contribution is -0.129. The van der Waals surface area contributed by atoms with Gasteiger partial charge in [0.05, 0.1) is 102 Å². The number of fused-ring (bicyclic) bond motifs is 6. The van der Waals surface area contributed by atoms with Gasteiger partial charge in [0.1, 0.15) is 69.4 Å². The van der Waals surface area contributed by atoms with Crippen LogP contribution in [0.15, 0.2) is 162 Å². The summed E-state index contributed by atoms with van der Waals surface area (Å²) in [5.41, 5.74) is 16.6. The van der Waals surface area contributed by atoms with Crippen molar-refractivity contribution in [3.8, 4) is 50.8 Å². The monoisotopic (exact) mass is 1860 g/mol. The summed E-state index contributed by atoms with van der Waals surface area (Å²) < 4.78 is 150. The van der Waals surface area contributed by atoms with Crippen LogP contribution in [-0.2, 0) is 35.5 Å². The third-order valence-electron chi connectivity index (χ3n) is 25.1. The number of benzene rings is 6. The number of amides is 3. The Balaban J connectivity index is 0.000000148. The molecule has 12 heterocycles. The molecule has 136 heavy (non-hydrogen) atoms. The van der Waals surface area contributed by atoms with Crippen LogP contribution in [0, 0.1) is 52.4 Å². The quantitative estimate of drug-likeness (QED) is 0.0487. The molecule has 39 heteroatoms. The van der Waals surface area contributed by atoms with Gasteiger partial charge in [-0.1, -0.05) is 79.5 Å². The molecule has 18 rings (SSSR count). The number of nitrogens with two attached hydrogens (primary N) is 3. The fourth-order valence-electron chi connectivity index (χ4n) is 18.6. The zero-order valence-electron chi connectivity index (χ0n) is 76.4. The van der Waals surface area contributed by atoms with Crippen molar-refractivity contribution in [3.63, 3.8) is 0 Å². The highest BCUT2D eigenvalue weighted by atomic mass is 19.2. The standard InChI is InChI=1S/C33H33F3N8O2.2C32H31F3N8O2/c1-7-25(45)42-13-18(5)43(14-17(42)4)31-19-11-21(35)28(27-20(34)9-8-10-23(27)37)39-32(19)44(33(46)40-31)30-22(36)12-24-29(26(30)16(2)3)38-15-41(24)6;2*1-6-24(44)41-10-11-42(17(4)14-41)30-18-12-20(34)27(26-19(33)8-7-9-22(26)36)38-31(18)43(32(45)39-30)29-21(35)13-23-28(25(29)16(2)3)37-15-40(23)5/h7-12,15-18H,1,13-14,37H2,2-6H3;2*6-9,12-13,15-17H,1,10-11,14,36H2,2-5H3/t17-,18+;2*17-/m100/s1. The molecule has 0 radical (unpaired) electrons. The van der Waals surface area contributed by atoms with Crippen LogP contribution in [0.2, 0.25) is 0 Å². The fourth-order valence-corrected chi connectivity index (χ4v) is 18.6. The van der Waals surface area contributed by atoms with Crippen LogP contribution in [0.5, 0.6) is 0 Å². The van der Waals surface area contributed by atoms with Crippen LogP contribution in [-0.4, -0.2) is 181 Å². The van der Waals surface area contributed by atoms with Crippen molar-refractivity contribution >= 4 is 118 Å². The zero-order valence-corrected chi connectivity index (χ0v) is 76.4. The molecular formula is C97H95F9N24O6. The molecule has 6 aromatic carbocycles. The second-order valence-electron chi connectivity index (χ2n) is 34.9. The van der Waals surface area contributed by atoms with Gasteiger partial charge >= 0.3 is 17.1 Å². The Hall–Kier alpha value is -15.6. The fraction of sp³-hybridized carbons (Fsp3) is 0.289. The maximum Gasteiger partial charge on any atom is 0.355 e. The molecule has 6 N–H and O–H groups in total. The molecule has 3 saturated heterocycles. The van der Waals surface area contributed by atoms with Crippen molar-refractivity contribution in [2.75, 3.05) is 84.3 Å². The van der Waals surface area contributed by atoms with E-state index >= 15 is 39.5 Å². The minimum Gasteiger partial charge on any atom is -0.398 e. The van der Waals surface area contributed by atoms with Crippen LogP contribution in [0.25, 0.3) is 117 Å². The van der Waals surface area contributed by atoms with Gasteiger partial charge in [-0.3, -0.25) is 14.4 Å². The molecular weight excluding hydrogens is 1770 g/mol. The van der Waals surface area contributed by atoms with E-state index < -0.39 is 86.5 Å². The van der Waals surface area contributed by atoms with Crippen molar-refractivity contribution in [3.05, 3.63) is 248 Å². The minimum absolute atomic E-state index is 0.0653. The average Bonchev–Trinajstić information content (AvgIpc) is 1.05. The van der Waals surface area contributed by atoms with Gasteiger partial charge in [-0.2, -0.15) is 15.0 Å². The number of anilines is 6. The summed E-state index contributed by atoms with van der Waals surface area (Å²) in [5, 5.41) is 0.279. The summed E-state index contributed by atoms with van der Waals surface area (Å²) in [6, 6.07) is 17.6. The molecule has 30 nitrogen and oxygen atoms in total. The lowest BCUT2D eigenvalue weighted by Crippen LogP contribution is -2.58. The first-order chi connectivity index (χ1) is 64.7. The summed E-state index contributed by atoms with van der Waals surface area (Å²) >= 11 is 0. The van der Waals surface area contributed by atoms with E-state index in [1.165, 1.54) is 72.8 Å². The number of carbonyl (C=O) groups excluding carboxylic acids is 3. The Kier molecular flexibility index (Phi) is 25.1. The van der Waals surface area contributed by atoms with E-state index in [2.05, 4.69) is 64.6 Å². The number of rotatable bonds is 15. The number of imidazole rings is 3. The summed E-state index contributed by atoms with van der Waals surface area (Å²) in [5.74, 6) is -8.75. The number of piperazine rings is 3. The predicted molar refractivity (Wildman–Crippen MR) is 505 cm³/mol. The first-order valence-corrected chi connectivity index (χ1v) is 43.7. The first-order valence-electron chi connectivity index (χ1n) is 43.7. The van der Waals surface area contributed by atoms with Crippen molar-refractivity contribution in [2.24, 2.45) is 21.1 Å². The topological polar surface area (TPSA) is 346 Å².